The van der Waals surface area contributed by atoms with Gasteiger partial charge in [-0.05, 0) is 160 Å². The zero-order valence-corrected chi connectivity index (χ0v) is 42.6. The molecule has 352 valence electrons. The predicted molar refractivity (Wildman–Crippen MR) is 316 cm³/mol. The number of hydrogen-bond donors (Lipinski definition) is 0. The van der Waals surface area contributed by atoms with Gasteiger partial charge in [0.05, 0.1) is 0 Å². The van der Waals surface area contributed by atoms with Crippen molar-refractivity contribution in [3.8, 4) is 11.5 Å². The lowest BCUT2D eigenvalue weighted by Gasteiger charge is -2.46. The lowest BCUT2D eigenvalue weighted by molar-refractivity contribution is 0.483. The molecule has 6 heteroatoms. The molecular weight excluding hydrogens is 896 g/mol. The third kappa shape index (κ3) is 6.18. The Labute approximate surface area is 434 Å². The van der Waals surface area contributed by atoms with Crippen molar-refractivity contribution < 1.29 is 4.74 Å². The minimum absolute atomic E-state index is 0.0724. The maximum atomic E-state index is 7.54. The van der Waals surface area contributed by atoms with Gasteiger partial charge in [0, 0.05) is 57.3 Å². The molecule has 4 heterocycles. The van der Waals surface area contributed by atoms with Gasteiger partial charge < -0.3 is 19.4 Å². The van der Waals surface area contributed by atoms with Crippen LogP contribution in [0.15, 0.2) is 212 Å². The van der Waals surface area contributed by atoms with E-state index < -0.39 is 0 Å². The van der Waals surface area contributed by atoms with Crippen molar-refractivity contribution in [2.75, 3.05) is 14.7 Å². The second-order valence-corrected chi connectivity index (χ2v) is 22.9. The van der Waals surface area contributed by atoms with Crippen molar-refractivity contribution in [2.24, 2.45) is 0 Å². The topological polar surface area (TPSA) is 19.0 Å². The molecule has 0 bridgehead atoms. The number of rotatable bonds is 3. The Morgan fingerprint density at radius 1 is 0.297 bits per heavy atom. The summed E-state index contributed by atoms with van der Waals surface area (Å²) >= 11 is 0. The van der Waals surface area contributed by atoms with Crippen molar-refractivity contribution in [1.29, 1.82) is 0 Å². The van der Waals surface area contributed by atoms with Crippen LogP contribution in [0.1, 0.15) is 52.7 Å². The van der Waals surface area contributed by atoms with Crippen LogP contribution in [0.5, 0.6) is 11.5 Å². The highest BCUT2D eigenvalue weighted by molar-refractivity contribution is 7.02. The molecule has 0 amide bonds. The summed E-state index contributed by atoms with van der Waals surface area (Å²) in [6.45, 7) is 13.8. The summed E-state index contributed by atoms with van der Waals surface area (Å²) < 4.78 is 7.54. The molecule has 0 aromatic heterocycles. The number of nitrogens with zero attached hydrogens (tertiary/aromatic N) is 3. The number of anilines is 9. The highest BCUT2D eigenvalue weighted by atomic mass is 16.5. The van der Waals surface area contributed by atoms with Gasteiger partial charge in [0.25, 0.3) is 13.4 Å². The Morgan fingerprint density at radius 2 is 0.730 bits per heavy atom. The Morgan fingerprint density at radius 3 is 1.27 bits per heavy atom. The highest BCUT2D eigenvalue weighted by Gasteiger charge is 2.48. The van der Waals surface area contributed by atoms with Crippen LogP contribution in [0.25, 0.3) is 32.3 Å². The van der Waals surface area contributed by atoms with Gasteiger partial charge in [0.15, 0.2) is 0 Å². The molecule has 4 nitrogen and oxygen atoms in total. The maximum absolute atomic E-state index is 7.54. The number of para-hydroxylation sites is 4. The molecule has 0 spiro atoms. The van der Waals surface area contributed by atoms with Crippen LogP contribution in [-0.4, -0.2) is 13.4 Å². The van der Waals surface area contributed by atoms with E-state index in [9.17, 15) is 0 Å². The Hall–Kier alpha value is -8.47. The predicted octanol–water partition coefficient (Wildman–Crippen LogP) is 14.2. The molecule has 0 radical (unpaired) electrons. The summed E-state index contributed by atoms with van der Waals surface area (Å²) in [6.07, 6.45) is 0. The molecule has 0 atom stereocenters. The first-order valence-electron chi connectivity index (χ1n) is 26.2. The van der Waals surface area contributed by atoms with Crippen molar-refractivity contribution in [2.45, 2.75) is 52.4 Å². The van der Waals surface area contributed by atoms with Crippen LogP contribution >= 0.6 is 0 Å². The summed E-state index contributed by atoms with van der Waals surface area (Å²) in [7, 11) is 0. The molecule has 11 aromatic carbocycles. The molecule has 0 aliphatic carbocycles. The molecular formula is C68H53B2N3O. The highest BCUT2D eigenvalue weighted by Crippen LogP contribution is 2.50. The Bertz CT molecular complexity index is 4140. The molecule has 11 aromatic rings. The van der Waals surface area contributed by atoms with Crippen LogP contribution in [0, 0.1) is 0 Å². The van der Waals surface area contributed by atoms with E-state index in [-0.39, 0.29) is 24.3 Å². The summed E-state index contributed by atoms with van der Waals surface area (Å²) in [6, 6.07) is 79.7. The van der Waals surface area contributed by atoms with Crippen molar-refractivity contribution >= 4 is 130 Å². The van der Waals surface area contributed by atoms with E-state index in [2.05, 4.69) is 269 Å². The third-order valence-electron chi connectivity index (χ3n) is 16.5. The number of fused-ring (bicyclic) bond motifs is 14. The fourth-order valence-corrected chi connectivity index (χ4v) is 13.0. The molecule has 0 saturated heterocycles. The first kappa shape index (κ1) is 43.1. The Balaban J connectivity index is 1.06. The number of benzene rings is 11. The van der Waals surface area contributed by atoms with E-state index in [1.807, 2.05) is 0 Å². The second kappa shape index (κ2) is 15.5. The zero-order valence-electron chi connectivity index (χ0n) is 42.6. The maximum Gasteiger partial charge on any atom is 0.256 e. The molecule has 0 fully saturated rings. The van der Waals surface area contributed by atoms with Crippen LogP contribution < -0.4 is 52.2 Å². The molecule has 0 saturated carbocycles. The van der Waals surface area contributed by atoms with Crippen molar-refractivity contribution in [3.63, 3.8) is 0 Å². The van der Waals surface area contributed by atoms with Gasteiger partial charge in [-0.1, -0.05) is 175 Å². The van der Waals surface area contributed by atoms with Gasteiger partial charge in [-0.15, -0.1) is 0 Å². The van der Waals surface area contributed by atoms with Crippen LogP contribution in [0.4, 0.5) is 51.2 Å². The van der Waals surface area contributed by atoms with Gasteiger partial charge in [0.2, 0.25) is 0 Å². The smallest absolute Gasteiger partial charge is 0.256 e. The number of ether oxygens (including phenoxy) is 1. The van der Waals surface area contributed by atoms with Crippen molar-refractivity contribution in [3.05, 3.63) is 223 Å². The van der Waals surface area contributed by atoms with E-state index in [1.54, 1.807) is 0 Å². The largest absolute Gasteiger partial charge is 0.458 e. The third-order valence-corrected chi connectivity index (χ3v) is 16.5. The van der Waals surface area contributed by atoms with E-state index in [0.29, 0.717) is 0 Å². The molecule has 4 aliphatic heterocycles. The quantitative estimate of drug-likeness (QED) is 0.130. The fraction of sp³-hybridized carbons (Fsp3) is 0.118. The SMILES string of the molecule is CC(C)(C)c1cc2c3c(c1)N(c1ccccc1)c1ccccc1B3c1cc3c(cc1O2)N(c1ccc2c4ccccc4c4ccccc4c2c1)c1cc(C(C)(C)C)cc2c1B3c1ccccc1N2c1ccccc1. The lowest BCUT2D eigenvalue weighted by Crippen LogP contribution is -2.64. The lowest BCUT2D eigenvalue weighted by atomic mass is 9.30. The first-order chi connectivity index (χ1) is 36.0. The normalized spacial score (nSPS) is 14.1. The van der Waals surface area contributed by atoms with E-state index in [0.717, 1.165) is 34.2 Å². The van der Waals surface area contributed by atoms with E-state index in [1.165, 1.54) is 105 Å². The monoisotopic (exact) mass is 949 g/mol. The number of hydrogen-bond acceptors (Lipinski definition) is 4. The van der Waals surface area contributed by atoms with Gasteiger partial charge in [-0.3, -0.25) is 0 Å². The average Bonchev–Trinajstić information content (AvgIpc) is 3.43. The average molecular weight is 950 g/mol. The summed E-state index contributed by atoms with van der Waals surface area (Å²) in [5.41, 5.74) is 20.3. The first-order valence-corrected chi connectivity index (χ1v) is 26.2. The molecule has 4 aliphatic rings. The van der Waals surface area contributed by atoms with E-state index in [4.69, 9.17) is 4.74 Å². The zero-order chi connectivity index (χ0) is 49.8. The van der Waals surface area contributed by atoms with Gasteiger partial charge >= 0.3 is 0 Å². The summed E-state index contributed by atoms with van der Waals surface area (Å²) in [4.78, 5) is 7.57. The van der Waals surface area contributed by atoms with Crippen LogP contribution in [-0.2, 0) is 10.8 Å². The summed E-state index contributed by atoms with van der Waals surface area (Å²) in [5.74, 6) is 1.82. The molecule has 0 N–H and O–H groups in total. The minimum Gasteiger partial charge on any atom is -0.458 e. The van der Waals surface area contributed by atoms with E-state index >= 15 is 0 Å². The second-order valence-electron chi connectivity index (χ2n) is 22.9. The fourth-order valence-electron chi connectivity index (χ4n) is 13.0. The Kier molecular flexibility index (Phi) is 9.05. The van der Waals surface area contributed by atoms with Crippen LogP contribution in [0.2, 0.25) is 0 Å². The van der Waals surface area contributed by atoms with Crippen LogP contribution in [0.3, 0.4) is 0 Å². The van der Waals surface area contributed by atoms with Crippen molar-refractivity contribution in [1.82, 2.24) is 0 Å². The molecule has 0 unspecified atom stereocenters. The summed E-state index contributed by atoms with van der Waals surface area (Å²) in [5, 5.41) is 7.56. The van der Waals surface area contributed by atoms with Gasteiger partial charge in [-0.25, -0.2) is 0 Å². The standard InChI is InChI=1S/C68H53B2N3O/c1-67(2,3)42-35-60-65-61(36-42)73(46-33-34-51-49-27-14-13-25-47(49)48-26-15-16-28-50(48)52(51)39-46)59-41-63-56(40-55(59)69(65)53-29-17-19-31-57(53)71(60)44-21-9-7-10-22-44)70-54-30-18-20-32-58(54)72(45-23-11-8-12-24-45)62-37-43(68(4,5)6)38-64(74-63)66(62)70/h7-41H,1-6H3. The van der Waals surface area contributed by atoms with Gasteiger partial charge in [-0.2, -0.15) is 0 Å². The van der Waals surface area contributed by atoms with Gasteiger partial charge in [0.1, 0.15) is 11.5 Å². The molecule has 74 heavy (non-hydrogen) atoms. The minimum atomic E-state index is -0.155. The molecule has 15 rings (SSSR count).